The van der Waals surface area contributed by atoms with Crippen molar-refractivity contribution in [3.8, 4) is 12.1 Å². The van der Waals surface area contributed by atoms with E-state index in [4.69, 9.17) is 10.5 Å². The Morgan fingerprint density at radius 1 is 1.38 bits per heavy atom. The third-order valence-corrected chi connectivity index (χ3v) is 1.95. The molecule has 16 heavy (non-hydrogen) atoms. The summed E-state index contributed by atoms with van der Waals surface area (Å²) in [5.74, 6) is 0. The van der Waals surface area contributed by atoms with Crippen molar-refractivity contribution in [3.63, 3.8) is 0 Å². The zero-order chi connectivity index (χ0) is 12.1. The quantitative estimate of drug-likeness (QED) is 0.425. The highest BCUT2D eigenvalue weighted by atomic mass is 16.6. The van der Waals surface area contributed by atoms with Gasteiger partial charge in [-0.2, -0.15) is 10.5 Å². The summed E-state index contributed by atoms with van der Waals surface area (Å²) in [6.07, 6.45) is 0.403. The molecule has 78 valence electrons. The molecule has 0 heterocycles. The van der Waals surface area contributed by atoms with Crippen LogP contribution in [0.2, 0.25) is 0 Å². The third kappa shape index (κ3) is 2.02. The number of nitrogens with zero attached hydrogens (tertiary/aromatic N) is 3. The summed E-state index contributed by atoms with van der Waals surface area (Å²) >= 11 is 0. The van der Waals surface area contributed by atoms with Crippen LogP contribution in [0.25, 0.3) is 0 Å². The highest BCUT2D eigenvalue weighted by molar-refractivity contribution is 5.63. The predicted octanol–water partition coefficient (Wildman–Crippen LogP) is 1.08. The number of benzene rings is 1. The monoisotopic (exact) mass is 215 g/mol. The number of aldehydes is 1. The van der Waals surface area contributed by atoms with E-state index in [0.29, 0.717) is 6.29 Å². The molecule has 6 heteroatoms. The van der Waals surface area contributed by atoms with Crippen molar-refractivity contribution in [2.75, 3.05) is 0 Å². The molecule has 1 aromatic rings. The van der Waals surface area contributed by atoms with Crippen molar-refractivity contribution in [2.24, 2.45) is 0 Å². The first kappa shape index (κ1) is 11.3. The summed E-state index contributed by atoms with van der Waals surface area (Å²) < 4.78 is 0. The topological polar surface area (TPSA) is 108 Å². The molecule has 1 aromatic carbocycles. The van der Waals surface area contributed by atoms with Gasteiger partial charge < -0.3 is 4.79 Å². The highest BCUT2D eigenvalue weighted by Crippen LogP contribution is 2.21. The lowest BCUT2D eigenvalue weighted by Crippen LogP contribution is -1.98. The summed E-state index contributed by atoms with van der Waals surface area (Å²) in [6.45, 7) is 0. The van der Waals surface area contributed by atoms with E-state index >= 15 is 0 Å². The molecule has 0 bridgehead atoms. The van der Waals surface area contributed by atoms with Crippen LogP contribution in [-0.2, 0) is 11.2 Å². The van der Waals surface area contributed by atoms with Gasteiger partial charge in [-0.05, 0) is 5.56 Å². The van der Waals surface area contributed by atoms with Crippen LogP contribution in [0.3, 0.4) is 0 Å². The Morgan fingerprint density at radius 3 is 2.50 bits per heavy atom. The van der Waals surface area contributed by atoms with E-state index < -0.39 is 4.92 Å². The van der Waals surface area contributed by atoms with Crippen LogP contribution in [-0.4, -0.2) is 11.2 Å². The van der Waals surface area contributed by atoms with Gasteiger partial charge in [0.25, 0.3) is 5.69 Å². The molecule has 0 saturated carbocycles. The molecular formula is C10H5N3O3. The van der Waals surface area contributed by atoms with Crippen LogP contribution in [0.4, 0.5) is 5.69 Å². The number of hydrogen-bond donors (Lipinski definition) is 0. The second-order valence-electron chi connectivity index (χ2n) is 2.88. The molecule has 0 aliphatic carbocycles. The molecule has 0 saturated heterocycles. The first-order chi connectivity index (χ1) is 7.63. The van der Waals surface area contributed by atoms with Crippen LogP contribution >= 0.6 is 0 Å². The van der Waals surface area contributed by atoms with Crippen molar-refractivity contribution in [1.82, 2.24) is 0 Å². The van der Waals surface area contributed by atoms with Crippen LogP contribution in [0.1, 0.15) is 16.7 Å². The van der Waals surface area contributed by atoms with Crippen LogP contribution in [0, 0.1) is 32.8 Å². The first-order valence-corrected chi connectivity index (χ1v) is 4.19. The van der Waals surface area contributed by atoms with Gasteiger partial charge in [0.2, 0.25) is 0 Å². The van der Waals surface area contributed by atoms with E-state index in [-0.39, 0.29) is 28.8 Å². The van der Waals surface area contributed by atoms with Crippen LogP contribution < -0.4 is 0 Å². The summed E-state index contributed by atoms with van der Waals surface area (Å²) in [5, 5.41) is 28.1. The molecule has 0 aliphatic heterocycles. The Kier molecular flexibility index (Phi) is 3.31. The van der Waals surface area contributed by atoms with E-state index in [1.807, 2.05) is 0 Å². The number of rotatable bonds is 3. The minimum atomic E-state index is -0.670. The minimum absolute atomic E-state index is 0.0141. The smallest absolute Gasteiger partial charge is 0.271 e. The fourth-order valence-electron chi connectivity index (χ4n) is 1.26. The molecule has 0 amide bonds. The molecular weight excluding hydrogens is 210 g/mol. The largest absolute Gasteiger partial charge is 0.303 e. The zero-order valence-electron chi connectivity index (χ0n) is 8.01. The fourth-order valence-corrected chi connectivity index (χ4v) is 1.26. The van der Waals surface area contributed by atoms with Crippen molar-refractivity contribution in [2.45, 2.75) is 6.42 Å². The Morgan fingerprint density at radius 2 is 2.06 bits per heavy atom. The Hall–Kier alpha value is -2.73. The molecule has 1 rings (SSSR count). The number of nitriles is 2. The zero-order valence-corrected chi connectivity index (χ0v) is 8.01. The Labute approximate surface area is 90.5 Å². The van der Waals surface area contributed by atoms with Gasteiger partial charge in [-0.25, -0.2) is 0 Å². The number of hydrogen-bond acceptors (Lipinski definition) is 5. The molecule has 0 atom stereocenters. The fraction of sp³-hybridized carbons (Fsp3) is 0.100. The summed E-state index contributed by atoms with van der Waals surface area (Å²) in [5.41, 5.74) is -0.176. The third-order valence-electron chi connectivity index (χ3n) is 1.95. The maximum atomic E-state index is 10.6. The lowest BCUT2D eigenvalue weighted by molar-refractivity contribution is -0.384. The van der Waals surface area contributed by atoms with Crippen LogP contribution in [0.5, 0.6) is 0 Å². The standard InChI is InChI=1S/C10H5N3O3/c11-5-8-4-9(13(15)16)3-7(1-2-14)10(8)6-12/h2-4H,1H2. The normalized spacial score (nSPS) is 8.88. The maximum absolute atomic E-state index is 10.6. The SMILES string of the molecule is N#Cc1cc([N+](=O)[O-])cc(CC=O)c1C#N. The van der Waals surface area contributed by atoms with Gasteiger partial charge in [0.05, 0.1) is 16.1 Å². The molecule has 0 aliphatic rings. The lowest BCUT2D eigenvalue weighted by atomic mass is 10.00. The van der Waals surface area contributed by atoms with Gasteiger partial charge in [0.15, 0.2) is 0 Å². The average molecular weight is 215 g/mol. The molecule has 0 spiro atoms. The molecule has 0 radical (unpaired) electrons. The summed E-state index contributed by atoms with van der Waals surface area (Å²) in [4.78, 5) is 20.2. The van der Waals surface area contributed by atoms with Gasteiger partial charge in [-0.15, -0.1) is 0 Å². The Bertz CT molecular complexity index is 537. The second kappa shape index (κ2) is 4.67. The van der Waals surface area contributed by atoms with E-state index in [1.165, 1.54) is 0 Å². The predicted molar refractivity (Wildman–Crippen MR) is 52.3 cm³/mol. The van der Waals surface area contributed by atoms with Crippen molar-refractivity contribution in [1.29, 1.82) is 10.5 Å². The van der Waals surface area contributed by atoms with Gasteiger partial charge in [0, 0.05) is 18.6 Å². The summed E-state index contributed by atoms with van der Waals surface area (Å²) in [6, 6.07) is 5.61. The molecule has 0 unspecified atom stereocenters. The summed E-state index contributed by atoms with van der Waals surface area (Å²) in [7, 11) is 0. The van der Waals surface area contributed by atoms with Crippen LogP contribution in [0.15, 0.2) is 12.1 Å². The van der Waals surface area contributed by atoms with Gasteiger partial charge in [0.1, 0.15) is 18.4 Å². The van der Waals surface area contributed by atoms with E-state index in [9.17, 15) is 14.9 Å². The maximum Gasteiger partial charge on any atom is 0.271 e. The van der Waals surface area contributed by atoms with E-state index in [1.54, 1.807) is 12.1 Å². The number of carbonyl (C=O) groups is 1. The highest BCUT2D eigenvalue weighted by Gasteiger charge is 2.15. The number of nitro benzene ring substituents is 1. The van der Waals surface area contributed by atoms with Gasteiger partial charge in [-0.1, -0.05) is 0 Å². The average Bonchev–Trinajstić information content (AvgIpc) is 2.28. The Balaban J connectivity index is 3.52. The lowest BCUT2D eigenvalue weighted by Gasteiger charge is -2.01. The minimum Gasteiger partial charge on any atom is -0.303 e. The molecule has 0 N–H and O–H groups in total. The number of nitro groups is 1. The van der Waals surface area contributed by atoms with E-state index in [0.717, 1.165) is 12.1 Å². The molecule has 6 nitrogen and oxygen atoms in total. The van der Waals surface area contributed by atoms with Gasteiger partial charge in [-0.3, -0.25) is 10.1 Å². The molecule has 0 fully saturated rings. The number of carbonyl (C=O) groups excluding carboxylic acids is 1. The van der Waals surface area contributed by atoms with Gasteiger partial charge >= 0.3 is 0 Å². The van der Waals surface area contributed by atoms with Crippen molar-refractivity contribution in [3.05, 3.63) is 38.9 Å². The second-order valence-corrected chi connectivity index (χ2v) is 2.88. The number of non-ortho nitro benzene ring substituents is 1. The van der Waals surface area contributed by atoms with Crippen molar-refractivity contribution >= 4 is 12.0 Å². The van der Waals surface area contributed by atoms with E-state index in [2.05, 4.69) is 0 Å². The molecule has 0 aromatic heterocycles. The first-order valence-electron chi connectivity index (χ1n) is 4.19. The van der Waals surface area contributed by atoms with Crippen molar-refractivity contribution < 1.29 is 9.72 Å².